The number of nitrogens with zero attached hydrogens (tertiary/aromatic N) is 5. The van der Waals surface area contributed by atoms with Crippen molar-refractivity contribution in [1.29, 1.82) is 0 Å². The van der Waals surface area contributed by atoms with Crippen LogP contribution in [0.2, 0.25) is 0 Å². The lowest BCUT2D eigenvalue weighted by Crippen LogP contribution is -2.28. The van der Waals surface area contributed by atoms with Gasteiger partial charge < -0.3 is 15.2 Å². The summed E-state index contributed by atoms with van der Waals surface area (Å²) in [7, 11) is 0. The maximum absolute atomic E-state index is 12.7. The highest BCUT2D eigenvalue weighted by Crippen LogP contribution is 2.23. The molecule has 0 aliphatic carbocycles. The number of hydrogen-bond donors (Lipinski definition) is 2. The number of carbonyl (C=O) groups excluding carboxylic acids is 2. The minimum Gasteiger partial charge on any atom is -0.342 e. The number of amides is 2. The molecule has 1 heterocycles. The minimum absolute atomic E-state index is 0.164. The van der Waals surface area contributed by atoms with Crippen molar-refractivity contribution >= 4 is 40.6 Å². The van der Waals surface area contributed by atoms with E-state index in [0.29, 0.717) is 34.5 Å². The van der Waals surface area contributed by atoms with E-state index in [9.17, 15) is 9.59 Å². The summed E-state index contributed by atoms with van der Waals surface area (Å²) in [6, 6.07) is 23.7. The van der Waals surface area contributed by atoms with Gasteiger partial charge in [-0.05, 0) is 69.3 Å². The Labute approximate surface area is 225 Å². The second kappa shape index (κ2) is 12.8. The molecule has 0 saturated carbocycles. The summed E-state index contributed by atoms with van der Waals surface area (Å²) in [5, 5.41) is 23.4. The smallest absolute Gasteiger partial charge is 0.251 e. The van der Waals surface area contributed by atoms with Crippen LogP contribution in [0, 0.1) is 6.92 Å². The highest BCUT2D eigenvalue weighted by molar-refractivity contribution is 7.99. The van der Waals surface area contributed by atoms with Crippen molar-refractivity contribution in [1.82, 2.24) is 20.1 Å². The van der Waals surface area contributed by atoms with E-state index in [1.165, 1.54) is 11.8 Å². The number of hydrogen-bond acceptors (Lipinski definition) is 7. The predicted molar refractivity (Wildman–Crippen MR) is 149 cm³/mol. The second-order valence-corrected chi connectivity index (χ2v) is 9.51. The molecule has 1 atom stereocenters. The van der Waals surface area contributed by atoms with E-state index in [2.05, 4.69) is 31.1 Å². The maximum Gasteiger partial charge on any atom is 0.251 e. The van der Waals surface area contributed by atoms with E-state index in [0.717, 1.165) is 11.3 Å². The SMILES string of the molecule is CCn1c(SCC(=O)Nc2ccc(N=Nc3ccccc3)cc2)nnc1[C@@H](C)NC(=O)c1cccc(C)c1. The highest BCUT2D eigenvalue weighted by Gasteiger charge is 2.20. The Hall–Kier alpha value is -4.31. The molecule has 194 valence electrons. The number of rotatable bonds is 10. The van der Waals surface area contributed by atoms with Gasteiger partial charge in [0, 0.05) is 17.8 Å². The molecule has 0 saturated heterocycles. The van der Waals surface area contributed by atoms with Crippen LogP contribution < -0.4 is 10.6 Å². The topological polar surface area (TPSA) is 114 Å². The molecule has 38 heavy (non-hydrogen) atoms. The summed E-state index contributed by atoms with van der Waals surface area (Å²) in [5.41, 5.74) is 3.74. The van der Waals surface area contributed by atoms with Crippen molar-refractivity contribution in [2.75, 3.05) is 11.1 Å². The van der Waals surface area contributed by atoms with Crippen molar-refractivity contribution in [3.05, 3.63) is 95.8 Å². The van der Waals surface area contributed by atoms with Crippen LogP contribution in [0.4, 0.5) is 17.1 Å². The Morgan fingerprint density at radius 1 is 0.947 bits per heavy atom. The van der Waals surface area contributed by atoms with Gasteiger partial charge in [-0.25, -0.2) is 0 Å². The van der Waals surface area contributed by atoms with Crippen LogP contribution in [0.3, 0.4) is 0 Å². The number of benzene rings is 3. The van der Waals surface area contributed by atoms with E-state index in [1.54, 1.807) is 30.3 Å². The molecular formula is C28H29N7O2S. The zero-order chi connectivity index (χ0) is 26.9. The monoisotopic (exact) mass is 527 g/mol. The van der Waals surface area contributed by atoms with Crippen LogP contribution in [-0.4, -0.2) is 32.3 Å². The lowest BCUT2D eigenvalue weighted by Gasteiger charge is -2.15. The summed E-state index contributed by atoms with van der Waals surface area (Å²) in [6.07, 6.45) is 0. The van der Waals surface area contributed by atoms with Crippen molar-refractivity contribution in [2.45, 2.75) is 38.5 Å². The van der Waals surface area contributed by atoms with Crippen LogP contribution in [0.5, 0.6) is 0 Å². The largest absolute Gasteiger partial charge is 0.342 e. The van der Waals surface area contributed by atoms with Crippen LogP contribution in [0.15, 0.2) is 94.2 Å². The Morgan fingerprint density at radius 2 is 1.66 bits per heavy atom. The first-order chi connectivity index (χ1) is 18.4. The number of thioether (sulfide) groups is 1. The molecule has 0 aliphatic rings. The number of carbonyl (C=O) groups is 2. The van der Waals surface area contributed by atoms with Gasteiger partial charge in [0.1, 0.15) is 0 Å². The van der Waals surface area contributed by atoms with Crippen LogP contribution in [-0.2, 0) is 11.3 Å². The van der Waals surface area contributed by atoms with Crippen LogP contribution >= 0.6 is 11.8 Å². The molecule has 0 bridgehead atoms. The van der Waals surface area contributed by atoms with E-state index in [-0.39, 0.29) is 23.6 Å². The zero-order valence-corrected chi connectivity index (χ0v) is 22.3. The van der Waals surface area contributed by atoms with Crippen molar-refractivity contribution in [2.24, 2.45) is 10.2 Å². The van der Waals surface area contributed by atoms with E-state index < -0.39 is 0 Å². The molecule has 0 aliphatic heterocycles. The van der Waals surface area contributed by atoms with Gasteiger partial charge in [0.2, 0.25) is 5.91 Å². The number of aryl methyl sites for hydroxylation is 1. The molecule has 1 aromatic heterocycles. The molecule has 4 rings (SSSR count). The maximum atomic E-state index is 12.7. The zero-order valence-electron chi connectivity index (χ0n) is 21.5. The quantitative estimate of drug-likeness (QED) is 0.187. The van der Waals surface area contributed by atoms with Gasteiger partial charge in [-0.2, -0.15) is 10.2 Å². The van der Waals surface area contributed by atoms with E-state index in [1.807, 2.05) is 73.9 Å². The Morgan fingerprint density at radius 3 is 2.34 bits per heavy atom. The first-order valence-corrected chi connectivity index (χ1v) is 13.2. The van der Waals surface area contributed by atoms with Gasteiger partial charge >= 0.3 is 0 Å². The molecule has 3 aromatic carbocycles. The number of azo groups is 1. The Kier molecular flexibility index (Phi) is 8.99. The number of aromatic nitrogens is 3. The summed E-state index contributed by atoms with van der Waals surface area (Å²) in [5.74, 6) is 0.462. The molecule has 0 radical (unpaired) electrons. The Bertz CT molecular complexity index is 1420. The second-order valence-electron chi connectivity index (χ2n) is 8.57. The molecule has 9 nitrogen and oxygen atoms in total. The average Bonchev–Trinajstić information content (AvgIpc) is 3.35. The average molecular weight is 528 g/mol. The summed E-state index contributed by atoms with van der Waals surface area (Å²) in [6.45, 7) is 6.40. The van der Waals surface area contributed by atoms with Gasteiger partial charge in [-0.1, -0.05) is 47.7 Å². The fraction of sp³-hybridized carbons (Fsp3) is 0.214. The fourth-order valence-electron chi connectivity index (χ4n) is 3.70. The first-order valence-electron chi connectivity index (χ1n) is 12.2. The summed E-state index contributed by atoms with van der Waals surface area (Å²) < 4.78 is 1.91. The first kappa shape index (κ1) is 26.7. The van der Waals surface area contributed by atoms with Crippen molar-refractivity contribution in [3.8, 4) is 0 Å². The molecular weight excluding hydrogens is 498 g/mol. The standard InChI is InChI=1S/C28H29N7O2S/c1-4-35-26(20(3)29-27(37)21-10-8-9-19(2)17-21)33-34-28(35)38-18-25(36)30-22-13-15-24(16-14-22)32-31-23-11-6-5-7-12-23/h5-17,20H,4,18H2,1-3H3,(H,29,37)(H,30,36)/t20-/m1/s1. The predicted octanol–water partition coefficient (Wildman–Crippen LogP) is 6.24. The third kappa shape index (κ3) is 7.13. The third-order valence-corrected chi connectivity index (χ3v) is 6.56. The van der Waals surface area contributed by atoms with Crippen LogP contribution in [0.25, 0.3) is 0 Å². The van der Waals surface area contributed by atoms with Gasteiger partial charge in [-0.15, -0.1) is 10.2 Å². The third-order valence-electron chi connectivity index (χ3n) is 5.60. The number of nitrogens with one attached hydrogen (secondary N) is 2. The molecule has 0 unspecified atom stereocenters. The van der Waals surface area contributed by atoms with Crippen molar-refractivity contribution < 1.29 is 9.59 Å². The highest BCUT2D eigenvalue weighted by atomic mass is 32.2. The van der Waals surface area contributed by atoms with Crippen LogP contribution in [0.1, 0.15) is 41.6 Å². The molecule has 2 amide bonds. The molecule has 2 N–H and O–H groups in total. The number of anilines is 1. The van der Waals surface area contributed by atoms with E-state index in [4.69, 9.17) is 0 Å². The van der Waals surface area contributed by atoms with Gasteiger partial charge in [0.15, 0.2) is 11.0 Å². The van der Waals surface area contributed by atoms with Crippen molar-refractivity contribution in [3.63, 3.8) is 0 Å². The molecule has 0 spiro atoms. The molecule has 4 aromatic rings. The van der Waals surface area contributed by atoms with Gasteiger partial charge in [0.25, 0.3) is 5.91 Å². The fourth-order valence-corrected chi connectivity index (χ4v) is 4.51. The molecule has 0 fully saturated rings. The lowest BCUT2D eigenvalue weighted by atomic mass is 10.1. The normalized spacial score (nSPS) is 11.9. The lowest BCUT2D eigenvalue weighted by molar-refractivity contribution is -0.113. The van der Waals surface area contributed by atoms with Gasteiger partial charge in [-0.3, -0.25) is 9.59 Å². The van der Waals surface area contributed by atoms with Gasteiger partial charge in [0.05, 0.1) is 23.2 Å². The Balaban J connectivity index is 1.31. The van der Waals surface area contributed by atoms with E-state index >= 15 is 0 Å². The minimum atomic E-state index is -0.351. The summed E-state index contributed by atoms with van der Waals surface area (Å²) in [4.78, 5) is 25.2. The summed E-state index contributed by atoms with van der Waals surface area (Å²) >= 11 is 1.29. The molecule has 10 heteroatoms.